The smallest absolute Gasteiger partial charge is 0.244 e. The van der Waals surface area contributed by atoms with E-state index in [1.54, 1.807) is 12.1 Å². The Hall–Kier alpha value is -3.56. The van der Waals surface area contributed by atoms with E-state index in [-0.39, 0.29) is 36.4 Å². The molecule has 1 fully saturated rings. The Labute approximate surface area is 253 Å². The minimum absolute atomic E-state index is 0.0509. The number of anilines is 1. The molecule has 1 unspecified atom stereocenters. The van der Waals surface area contributed by atoms with E-state index in [4.69, 9.17) is 16.3 Å². The Balaban J connectivity index is 1.76. The van der Waals surface area contributed by atoms with Crippen molar-refractivity contribution in [2.24, 2.45) is 0 Å². The summed E-state index contributed by atoms with van der Waals surface area (Å²) in [6, 6.07) is 21.0. The maximum Gasteiger partial charge on any atom is 0.244 e. The highest BCUT2D eigenvalue weighted by Gasteiger charge is 2.35. The van der Waals surface area contributed by atoms with Crippen LogP contribution in [0.25, 0.3) is 0 Å². The Morgan fingerprint density at radius 2 is 1.69 bits per heavy atom. The molecule has 4 rings (SSSR count). The quantitative estimate of drug-likeness (QED) is 0.307. The number of carbonyl (C=O) groups is 2. The van der Waals surface area contributed by atoms with Crippen LogP contribution in [0, 0.1) is 6.92 Å². The minimum atomic E-state index is -3.95. The summed E-state index contributed by atoms with van der Waals surface area (Å²) in [6.07, 6.45) is 5.18. The zero-order valence-electron chi connectivity index (χ0n) is 24.3. The van der Waals surface area contributed by atoms with E-state index in [1.165, 1.54) is 18.1 Å². The molecule has 1 aliphatic carbocycles. The second kappa shape index (κ2) is 14.1. The first-order valence-corrected chi connectivity index (χ1v) is 16.3. The highest BCUT2D eigenvalue weighted by molar-refractivity contribution is 7.92. The van der Waals surface area contributed by atoms with E-state index in [0.717, 1.165) is 52.9 Å². The number of methoxy groups -OCH3 is 1. The van der Waals surface area contributed by atoms with Crippen LogP contribution >= 0.6 is 11.6 Å². The number of rotatable bonds is 12. The molecule has 0 heterocycles. The lowest BCUT2D eigenvalue weighted by Crippen LogP contribution is -2.54. The Morgan fingerprint density at radius 3 is 2.33 bits per heavy atom. The fourth-order valence-corrected chi connectivity index (χ4v) is 6.39. The van der Waals surface area contributed by atoms with Gasteiger partial charge in [0.1, 0.15) is 18.3 Å². The normalized spacial score (nSPS) is 14.3. The molecule has 3 aromatic rings. The number of halogens is 1. The molecule has 1 N–H and O–H groups in total. The molecule has 0 spiro atoms. The molecule has 1 saturated carbocycles. The van der Waals surface area contributed by atoms with Gasteiger partial charge in [-0.2, -0.15) is 0 Å². The molecule has 2 amide bonds. The van der Waals surface area contributed by atoms with Crippen molar-refractivity contribution < 1.29 is 22.7 Å². The number of benzene rings is 3. The number of hydrogen-bond donors (Lipinski definition) is 1. The monoisotopic (exact) mass is 611 g/mol. The average molecular weight is 612 g/mol. The topological polar surface area (TPSA) is 96.0 Å². The van der Waals surface area contributed by atoms with Gasteiger partial charge in [0, 0.05) is 24.0 Å². The molecule has 0 saturated heterocycles. The molecule has 3 aromatic carbocycles. The number of nitrogens with one attached hydrogen (secondary N) is 1. The number of amides is 2. The molecular weight excluding hydrogens is 574 g/mol. The van der Waals surface area contributed by atoms with Crippen LogP contribution in [-0.2, 0) is 32.6 Å². The molecule has 8 nitrogen and oxygen atoms in total. The van der Waals surface area contributed by atoms with Crippen molar-refractivity contribution in [3.8, 4) is 5.75 Å². The third kappa shape index (κ3) is 8.26. The van der Waals surface area contributed by atoms with E-state index < -0.39 is 28.5 Å². The minimum Gasteiger partial charge on any atom is -0.495 e. The van der Waals surface area contributed by atoms with Gasteiger partial charge in [-0.05, 0) is 49.1 Å². The fourth-order valence-electron chi connectivity index (χ4n) is 5.38. The summed E-state index contributed by atoms with van der Waals surface area (Å²) in [5, 5.41) is 3.46. The van der Waals surface area contributed by atoms with E-state index >= 15 is 0 Å². The molecule has 0 bridgehead atoms. The molecule has 10 heteroatoms. The first kappa shape index (κ1) is 31.4. The van der Waals surface area contributed by atoms with Gasteiger partial charge in [0.15, 0.2) is 0 Å². The first-order chi connectivity index (χ1) is 20.0. The summed E-state index contributed by atoms with van der Waals surface area (Å²) >= 11 is 6.23. The summed E-state index contributed by atoms with van der Waals surface area (Å²) in [7, 11) is -2.53. The van der Waals surface area contributed by atoms with Gasteiger partial charge in [0.25, 0.3) is 0 Å². The highest BCUT2D eigenvalue weighted by Crippen LogP contribution is 2.33. The zero-order valence-corrected chi connectivity index (χ0v) is 25.8. The predicted molar refractivity (Wildman–Crippen MR) is 166 cm³/mol. The Morgan fingerprint density at radius 1 is 1.00 bits per heavy atom. The van der Waals surface area contributed by atoms with E-state index in [9.17, 15) is 18.0 Å². The second-order valence-corrected chi connectivity index (χ2v) is 13.1. The summed E-state index contributed by atoms with van der Waals surface area (Å²) in [4.78, 5) is 29.7. The summed E-state index contributed by atoms with van der Waals surface area (Å²) in [5.41, 5.74) is 2.88. The number of hydrogen-bond acceptors (Lipinski definition) is 5. The van der Waals surface area contributed by atoms with Crippen molar-refractivity contribution in [1.29, 1.82) is 0 Å². The van der Waals surface area contributed by atoms with Gasteiger partial charge in [-0.1, -0.05) is 84.6 Å². The van der Waals surface area contributed by atoms with Gasteiger partial charge in [0.05, 0.1) is 19.1 Å². The van der Waals surface area contributed by atoms with E-state index in [2.05, 4.69) is 5.32 Å². The van der Waals surface area contributed by atoms with E-state index in [0.29, 0.717) is 5.02 Å². The van der Waals surface area contributed by atoms with Crippen molar-refractivity contribution in [2.75, 3.05) is 24.2 Å². The van der Waals surface area contributed by atoms with Crippen LogP contribution in [0.3, 0.4) is 0 Å². The lowest BCUT2D eigenvalue weighted by atomic mass is 10.0. The maximum absolute atomic E-state index is 14.3. The van der Waals surface area contributed by atoms with Gasteiger partial charge in [-0.25, -0.2) is 8.42 Å². The third-order valence-electron chi connectivity index (χ3n) is 7.50. The van der Waals surface area contributed by atoms with Gasteiger partial charge in [-0.3, -0.25) is 13.9 Å². The molecule has 0 aromatic heterocycles. The van der Waals surface area contributed by atoms with Crippen LogP contribution in [0.4, 0.5) is 5.69 Å². The number of sulfonamides is 1. The average Bonchev–Trinajstić information content (AvgIpc) is 3.46. The van der Waals surface area contributed by atoms with Gasteiger partial charge in [0.2, 0.25) is 21.8 Å². The van der Waals surface area contributed by atoms with Crippen LogP contribution in [0.5, 0.6) is 5.75 Å². The van der Waals surface area contributed by atoms with Gasteiger partial charge < -0.3 is 15.0 Å². The van der Waals surface area contributed by atoms with Crippen molar-refractivity contribution in [3.05, 3.63) is 94.5 Å². The molecule has 224 valence electrons. The van der Waals surface area contributed by atoms with Crippen molar-refractivity contribution in [3.63, 3.8) is 0 Å². The Kier molecular flexibility index (Phi) is 10.5. The summed E-state index contributed by atoms with van der Waals surface area (Å²) < 4.78 is 32.5. The number of ether oxygens (including phenoxy) is 1. The first-order valence-electron chi connectivity index (χ1n) is 14.1. The van der Waals surface area contributed by atoms with Crippen molar-refractivity contribution in [1.82, 2.24) is 10.2 Å². The lowest BCUT2D eigenvalue weighted by molar-refractivity contribution is -0.140. The van der Waals surface area contributed by atoms with Crippen LogP contribution in [0.15, 0.2) is 72.8 Å². The van der Waals surface area contributed by atoms with Crippen molar-refractivity contribution in [2.45, 2.75) is 57.7 Å². The largest absolute Gasteiger partial charge is 0.495 e. The highest BCUT2D eigenvalue weighted by atomic mass is 35.5. The zero-order chi connectivity index (χ0) is 30.3. The van der Waals surface area contributed by atoms with Crippen molar-refractivity contribution >= 4 is 39.1 Å². The van der Waals surface area contributed by atoms with Crippen LogP contribution < -0.4 is 14.4 Å². The van der Waals surface area contributed by atoms with Gasteiger partial charge in [-0.15, -0.1) is 0 Å². The lowest BCUT2D eigenvalue weighted by Gasteiger charge is -2.34. The van der Waals surface area contributed by atoms with Crippen LogP contribution in [0.1, 0.15) is 42.4 Å². The molecule has 0 radical (unpaired) electrons. The molecule has 42 heavy (non-hydrogen) atoms. The summed E-state index contributed by atoms with van der Waals surface area (Å²) in [6.45, 7) is 1.55. The molecule has 1 aliphatic rings. The van der Waals surface area contributed by atoms with Gasteiger partial charge >= 0.3 is 0 Å². The maximum atomic E-state index is 14.3. The fraction of sp³-hybridized carbons (Fsp3) is 0.375. The number of carbonyl (C=O) groups excluding carboxylic acids is 2. The molecular formula is C32H38ClN3O5S. The SMILES string of the molecule is COc1ccc(Cl)cc1N(CC(=O)N(Cc1cccc(C)c1)C(Cc1ccccc1)C(=O)NC1CCCC1)S(C)(=O)=O. The number of nitrogens with zero attached hydrogens (tertiary/aromatic N) is 2. The molecule has 0 aliphatic heterocycles. The van der Waals surface area contributed by atoms with Crippen LogP contribution in [-0.4, -0.2) is 57.1 Å². The Bertz CT molecular complexity index is 1490. The predicted octanol–water partition coefficient (Wildman–Crippen LogP) is 5.12. The standard InChI is InChI=1S/C32H38ClN3O5S/c1-23-10-9-13-25(18-23)21-35(29(19-24-11-5-4-6-12-24)32(38)34-27-14-7-8-15-27)31(37)22-36(42(3,39)40)28-20-26(33)16-17-30(28)41-2/h4-6,9-13,16-18,20,27,29H,7-8,14-15,19,21-22H2,1-3H3,(H,34,38). The van der Waals surface area contributed by atoms with E-state index in [1.807, 2.05) is 61.5 Å². The third-order valence-corrected chi connectivity index (χ3v) is 8.86. The van der Waals surface area contributed by atoms with Crippen LogP contribution in [0.2, 0.25) is 5.02 Å². The second-order valence-electron chi connectivity index (χ2n) is 10.8. The number of aryl methyl sites for hydroxylation is 1. The molecule has 1 atom stereocenters. The summed E-state index contributed by atoms with van der Waals surface area (Å²) in [5.74, 6) is -0.521.